The minimum Gasteiger partial charge on any atom is -0.327 e. The molecule has 0 bridgehead atoms. The van der Waals surface area contributed by atoms with Crippen molar-refractivity contribution in [1.82, 2.24) is 5.32 Å². The van der Waals surface area contributed by atoms with Crippen LogP contribution in [0.15, 0.2) is 28.4 Å². The van der Waals surface area contributed by atoms with E-state index >= 15 is 0 Å². The molecule has 1 amide bonds. The molecule has 0 atom stereocenters. The molecule has 130 valence electrons. The molecular weight excluding hydrogens is 284 g/mol. The highest BCUT2D eigenvalue weighted by Gasteiger charge is 2.21. The van der Waals surface area contributed by atoms with Gasteiger partial charge >= 0.3 is 0 Å². The molecule has 0 heterocycles. The molecule has 1 aliphatic carbocycles. The zero-order chi connectivity index (χ0) is 16.9. The second-order valence-electron chi connectivity index (χ2n) is 6.58. The smallest absolute Gasteiger partial charge is 0.211 e. The largest absolute Gasteiger partial charge is 0.327 e. The van der Waals surface area contributed by atoms with Crippen molar-refractivity contribution in [2.75, 3.05) is 7.05 Å². The van der Waals surface area contributed by atoms with Gasteiger partial charge in [-0.25, -0.2) is 0 Å². The Morgan fingerprint density at radius 1 is 1.17 bits per heavy atom. The number of aliphatic imine (C=N–C) groups is 1. The van der Waals surface area contributed by atoms with Crippen LogP contribution in [-0.2, 0) is 4.79 Å². The first kappa shape index (κ1) is 19.7. The number of nitrogens with one attached hydrogen (secondary N) is 1. The normalized spacial score (nSPS) is 18.2. The van der Waals surface area contributed by atoms with Crippen LogP contribution in [0.1, 0.15) is 77.6 Å². The lowest BCUT2D eigenvalue weighted by atomic mass is 9.80. The van der Waals surface area contributed by atoms with E-state index in [4.69, 9.17) is 0 Å². The van der Waals surface area contributed by atoms with Gasteiger partial charge in [-0.05, 0) is 42.7 Å². The van der Waals surface area contributed by atoms with Crippen LogP contribution in [0.2, 0.25) is 0 Å². The van der Waals surface area contributed by atoms with E-state index in [-0.39, 0.29) is 0 Å². The summed E-state index contributed by atoms with van der Waals surface area (Å²) in [6.07, 6.45) is 16.1. The van der Waals surface area contributed by atoms with Crippen LogP contribution in [0.4, 0.5) is 0 Å². The SMILES string of the molecule is C=C(CCCCC)/C(=C(\C=N/C)NC=O)C1CCCCCCC1. The molecule has 1 fully saturated rings. The topological polar surface area (TPSA) is 41.5 Å². The van der Waals surface area contributed by atoms with E-state index in [2.05, 4.69) is 23.8 Å². The number of nitrogens with zero attached hydrogens (tertiary/aromatic N) is 1. The quantitative estimate of drug-likeness (QED) is 0.270. The highest BCUT2D eigenvalue weighted by atomic mass is 16.1. The van der Waals surface area contributed by atoms with Gasteiger partial charge in [-0.2, -0.15) is 0 Å². The lowest BCUT2D eigenvalue weighted by molar-refractivity contribution is -0.108. The monoisotopic (exact) mass is 318 g/mol. The number of rotatable bonds is 9. The second-order valence-corrected chi connectivity index (χ2v) is 6.58. The van der Waals surface area contributed by atoms with E-state index in [1.807, 2.05) is 0 Å². The molecule has 0 saturated heterocycles. The molecular formula is C20H34N2O. The average Bonchev–Trinajstić information content (AvgIpc) is 2.50. The predicted molar refractivity (Wildman–Crippen MR) is 99.7 cm³/mol. The maximum Gasteiger partial charge on any atom is 0.211 e. The van der Waals surface area contributed by atoms with Gasteiger partial charge in [0.2, 0.25) is 6.41 Å². The standard InChI is InChI=1S/C20H34N2O/c1-4-5-9-12-17(2)20(19(15-21-3)22-16-23)18-13-10-7-6-8-11-14-18/h15-16,18H,2,4-14H2,1,3H3,(H,22,23)/b20-19-,21-15-. The lowest BCUT2D eigenvalue weighted by Crippen LogP contribution is -2.20. The first-order valence-corrected chi connectivity index (χ1v) is 9.29. The molecule has 1 aliphatic rings. The van der Waals surface area contributed by atoms with Crippen molar-refractivity contribution in [3.05, 3.63) is 23.4 Å². The van der Waals surface area contributed by atoms with Gasteiger partial charge in [0, 0.05) is 13.3 Å². The molecule has 3 nitrogen and oxygen atoms in total. The Labute approximate surface area is 142 Å². The highest BCUT2D eigenvalue weighted by molar-refractivity contribution is 5.83. The van der Waals surface area contributed by atoms with E-state index in [0.29, 0.717) is 5.92 Å². The highest BCUT2D eigenvalue weighted by Crippen LogP contribution is 2.34. The summed E-state index contributed by atoms with van der Waals surface area (Å²) in [6, 6.07) is 0. The van der Waals surface area contributed by atoms with Gasteiger partial charge in [0.1, 0.15) is 0 Å². The van der Waals surface area contributed by atoms with Crippen LogP contribution in [0.3, 0.4) is 0 Å². The average molecular weight is 319 g/mol. The predicted octanol–water partition coefficient (Wildman–Crippen LogP) is 5.18. The van der Waals surface area contributed by atoms with E-state index in [0.717, 1.165) is 18.5 Å². The molecule has 0 unspecified atom stereocenters. The van der Waals surface area contributed by atoms with Gasteiger partial charge in [-0.1, -0.05) is 58.4 Å². The molecule has 1 N–H and O–H groups in total. The Kier molecular flexibility index (Phi) is 10.3. The maximum absolute atomic E-state index is 11.0. The van der Waals surface area contributed by atoms with Crippen LogP contribution in [-0.4, -0.2) is 19.7 Å². The second kappa shape index (κ2) is 12.1. The number of unbranched alkanes of at least 4 members (excludes halogenated alkanes) is 2. The van der Waals surface area contributed by atoms with Crippen molar-refractivity contribution < 1.29 is 4.79 Å². The fourth-order valence-corrected chi connectivity index (χ4v) is 3.54. The van der Waals surface area contributed by atoms with Gasteiger partial charge in [0.05, 0.1) is 5.70 Å². The first-order chi connectivity index (χ1) is 11.2. The van der Waals surface area contributed by atoms with Gasteiger partial charge in [-0.3, -0.25) is 9.79 Å². The minimum atomic E-state index is 0.505. The van der Waals surface area contributed by atoms with Crippen molar-refractivity contribution in [2.45, 2.75) is 77.6 Å². The fraction of sp³-hybridized carbons (Fsp3) is 0.700. The van der Waals surface area contributed by atoms with Crippen molar-refractivity contribution in [2.24, 2.45) is 10.9 Å². The van der Waals surface area contributed by atoms with Crippen molar-refractivity contribution >= 4 is 12.6 Å². The third kappa shape index (κ3) is 7.15. The molecule has 0 radical (unpaired) electrons. The lowest BCUT2D eigenvalue weighted by Gasteiger charge is -2.26. The Balaban J connectivity index is 3.03. The summed E-state index contributed by atoms with van der Waals surface area (Å²) in [5.74, 6) is 0.505. The summed E-state index contributed by atoms with van der Waals surface area (Å²) in [6.45, 7) is 6.59. The molecule has 0 aromatic carbocycles. The summed E-state index contributed by atoms with van der Waals surface area (Å²) < 4.78 is 0. The molecule has 0 aromatic heterocycles. The molecule has 0 aliphatic heterocycles. The third-order valence-corrected chi connectivity index (χ3v) is 4.74. The molecule has 3 heteroatoms. The van der Waals surface area contributed by atoms with E-state index in [9.17, 15) is 4.79 Å². The molecule has 1 saturated carbocycles. The van der Waals surface area contributed by atoms with E-state index in [1.165, 1.54) is 75.4 Å². The third-order valence-electron chi connectivity index (χ3n) is 4.74. The van der Waals surface area contributed by atoms with Crippen molar-refractivity contribution in [1.29, 1.82) is 0 Å². The number of hydrogen-bond donors (Lipinski definition) is 1. The van der Waals surface area contributed by atoms with Crippen LogP contribution >= 0.6 is 0 Å². The number of carbonyl (C=O) groups excluding carboxylic acids is 1. The molecule has 1 rings (SSSR count). The van der Waals surface area contributed by atoms with Gasteiger partial charge in [0.25, 0.3) is 0 Å². The van der Waals surface area contributed by atoms with Gasteiger partial charge in [0.15, 0.2) is 0 Å². The van der Waals surface area contributed by atoms with Gasteiger partial charge < -0.3 is 5.32 Å². The summed E-state index contributed by atoms with van der Waals surface area (Å²) >= 11 is 0. The number of carbonyl (C=O) groups is 1. The zero-order valence-corrected chi connectivity index (χ0v) is 15.1. The Bertz CT molecular complexity index is 415. The van der Waals surface area contributed by atoms with Crippen molar-refractivity contribution in [3.63, 3.8) is 0 Å². The maximum atomic E-state index is 11.0. The minimum absolute atomic E-state index is 0.505. The summed E-state index contributed by atoms with van der Waals surface area (Å²) in [5.41, 5.74) is 3.29. The van der Waals surface area contributed by atoms with Gasteiger partial charge in [-0.15, -0.1) is 0 Å². The van der Waals surface area contributed by atoms with Crippen molar-refractivity contribution in [3.8, 4) is 0 Å². The summed E-state index contributed by atoms with van der Waals surface area (Å²) in [7, 11) is 1.75. The number of amides is 1. The Morgan fingerprint density at radius 3 is 2.39 bits per heavy atom. The number of allylic oxidation sites excluding steroid dienone is 3. The van der Waals surface area contributed by atoms with Crippen LogP contribution in [0, 0.1) is 5.92 Å². The summed E-state index contributed by atoms with van der Waals surface area (Å²) in [5, 5.41) is 2.88. The van der Waals surface area contributed by atoms with E-state index < -0.39 is 0 Å². The van der Waals surface area contributed by atoms with E-state index in [1.54, 1.807) is 13.3 Å². The summed E-state index contributed by atoms with van der Waals surface area (Å²) in [4.78, 5) is 15.2. The molecule has 23 heavy (non-hydrogen) atoms. The molecule has 0 spiro atoms. The Hall–Kier alpha value is -1.38. The molecule has 0 aromatic rings. The van der Waals surface area contributed by atoms with Crippen LogP contribution in [0.5, 0.6) is 0 Å². The fourth-order valence-electron chi connectivity index (χ4n) is 3.54. The van der Waals surface area contributed by atoms with Crippen LogP contribution < -0.4 is 5.32 Å². The van der Waals surface area contributed by atoms with Crippen LogP contribution in [0.25, 0.3) is 0 Å². The Morgan fingerprint density at radius 2 is 1.83 bits per heavy atom. The zero-order valence-electron chi connectivity index (χ0n) is 15.1. The number of hydrogen-bond acceptors (Lipinski definition) is 2. The first-order valence-electron chi connectivity index (χ1n) is 9.29.